The van der Waals surface area contributed by atoms with E-state index in [4.69, 9.17) is 9.47 Å². The molecule has 0 heterocycles. The first-order valence-electron chi connectivity index (χ1n) is 9.43. The first kappa shape index (κ1) is 21.7. The molecule has 158 valence electrons. The lowest BCUT2D eigenvalue weighted by atomic mass is 10.1. The average molecular weight is 419 g/mol. The Labute approximate surface area is 179 Å². The lowest BCUT2D eigenvalue weighted by Crippen LogP contribution is -2.26. The highest BCUT2D eigenvalue weighted by atomic mass is 16.6. The Hall–Kier alpha value is -4.04. The number of nitrogens with one attached hydrogen (secondary N) is 1. The fraction of sp³-hybridized carbons (Fsp3) is 0.130. The molecule has 3 aromatic carbocycles. The molecule has 0 bridgehead atoms. The summed E-state index contributed by atoms with van der Waals surface area (Å²) in [6.45, 7) is 0.291. The van der Waals surface area contributed by atoms with Gasteiger partial charge in [0.15, 0.2) is 6.10 Å². The van der Waals surface area contributed by atoms with Crippen molar-refractivity contribution >= 4 is 17.8 Å². The van der Waals surface area contributed by atoms with Crippen LogP contribution in [0, 0.1) is 10.1 Å². The highest BCUT2D eigenvalue weighted by molar-refractivity contribution is 5.85. The minimum Gasteiger partial charge on any atom is -0.489 e. The normalized spacial score (nSPS) is 11.8. The molecule has 1 N–H and O–H groups in total. The molecular weight excluding hydrogens is 398 g/mol. The molecule has 0 saturated heterocycles. The van der Waals surface area contributed by atoms with Crippen LogP contribution in [0.5, 0.6) is 5.75 Å². The number of carbonyl (C=O) groups excluding carboxylic acids is 1. The van der Waals surface area contributed by atoms with Crippen LogP contribution < -0.4 is 10.2 Å². The first-order chi connectivity index (χ1) is 15.1. The van der Waals surface area contributed by atoms with Crippen LogP contribution in [0.1, 0.15) is 22.8 Å². The van der Waals surface area contributed by atoms with Gasteiger partial charge in [0.2, 0.25) is 0 Å². The average Bonchev–Trinajstić information content (AvgIpc) is 2.80. The molecule has 8 heteroatoms. The molecule has 0 unspecified atom stereocenters. The topological polar surface area (TPSA) is 103 Å². The molecule has 8 nitrogen and oxygen atoms in total. The maximum absolute atomic E-state index is 12.3. The highest BCUT2D eigenvalue weighted by Gasteiger charge is 2.19. The van der Waals surface area contributed by atoms with Gasteiger partial charge in [-0.3, -0.25) is 14.9 Å². The van der Waals surface area contributed by atoms with E-state index in [-0.39, 0.29) is 11.6 Å². The van der Waals surface area contributed by atoms with E-state index >= 15 is 0 Å². The number of hydrogen-bond acceptors (Lipinski definition) is 6. The van der Waals surface area contributed by atoms with Crippen LogP contribution in [-0.4, -0.2) is 24.2 Å². The van der Waals surface area contributed by atoms with E-state index in [0.29, 0.717) is 12.4 Å². The van der Waals surface area contributed by atoms with Crippen molar-refractivity contribution in [2.45, 2.75) is 12.7 Å². The fourth-order valence-corrected chi connectivity index (χ4v) is 2.78. The van der Waals surface area contributed by atoms with E-state index < -0.39 is 11.0 Å². The molecule has 3 rings (SSSR count). The number of nitro benzene ring substituents is 1. The molecule has 0 radical (unpaired) electrons. The van der Waals surface area contributed by atoms with E-state index in [1.807, 2.05) is 30.3 Å². The Morgan fingerprint density at radius 3 is 2.35 bits per heavy atom. The van der Waals surface area contributed by atoms with Gasteiger partial charge in [-0.05, 0) is 53.1 Å². The quantitative estimate of drug-likeness (QED) is 0.321. The molecular formula is C23H21N3O5. The van der Waals surface area contributed by atoms with Crippen molar-refractivity contribution in [1.82, 2.24) is 5.43 Å². The third kappa shape index (κ3) is 6.22. The number of ether oxygens (including phenoxy) is 2. The van der Waals surface area contributed by atoms with Gasteiger partial charge in [0, 0.05) is 19.2 Å². The van der Waals surface area contributed by atoms with E-state index in [1.54, 1.807) is 36.4 Å². The van der Waals surface area contributed by atoms with Gasteiger partial charge >= 0.3 is 0 Å². The number of nitrogens with zero attached hydrogens (tertiary/aromatic N) is 2. The van der Waals surface area contributed by atoms with Crippen LogP contribution >= 0.6 is 0 Å². The molecule has 0 spiro atoms. The second-order valence-corrected chi connectivity index (χ2v) is 6.54. The summed E-state index contributed by atoms with van der Waals surface area (Å²) >= 11 is 0. The minimum atomic E-state index is -0.742. The van der Waals surface area contributed by atoms with Gasteiger partial charge in [-0.1, -0.05) is 30.3 Å². The van der Waals surface area contributed by atoms with Crippen molar-refractivity contribution in [3.05, 3.63) is 106 Å². The molecule has 1 atom stereocenters. The van der Waals surface area contributed by atoms with Crippen LogP contribution in [0.2, 0.25) is 0 Å². The summed E-state index contributed by atoms with van der Waals surface area (Å²) in [4.78, 5) is 22.5. The zero-order valence-corrected chi connectivity index (χ0v) is 16.8. The standard InChI is InChI=1S/C23H21N3O5/c1-30-22(19-5-3-2-4-6-19)23(27)25-24-15-17-9-13-21(14-10-17)31-16-18-7-11-20(12-8-18)26(28)29/h2-15,22H,16H2,1H3,(H,25,27)/b24-15-/t22-/m1/s1. The van der Waals surface area contributed by atoms with Gasteiger partial charge in [0.1, 0.15) is 12.4 Å². The second-order valence-electron chi connectivity index (χ2n) is 6.54. The van der Waals surface area contributed by atoms with Gasteiger partial charge in [-0.2, -0.15) is 5.10 Å². The van der Waals surface area contributed by atoms with Gasteiger partial charge in [-0.15, -0.1) is 0 Å². The number of hydrazone groups is 1. The Kier molecular flexibility index (Phi) is 7.45. The van der Waals surface area contributed by atoms with Gasteiger partial charge < -0.3 is 9.47 Å². The lowest BCUT2D eigenvalue weighted by Gasteiger charge is -2.13. The summed E-state index contributed by atoms with van der Waals surface area (Å²) in [7, 11) is 1.47. The molecule has 0 fully saturated rings. The minimum absolute atomic E-state index is 0.0417. The van der Waals surface area contributed by atoms with Crippen molar-refractivity contribution in [3.8, 4) is 5.75 Å². The summed E-state index contributed by atoms with van der Waals surface area (Å²) in [6.07, 6.45) is 0.781. The number of nitro groups is 1. The van der Waals surface area contributed by atoms with Crippen LogP contribution in [-0.2, 0) is 16.1 Å². The Morgan fingerprint density at radius 1 is 1.06 bits per heavy atom. The maximum atomic E-state index is 12.3. The van der Waals surface area contributed by atoms with Crippen LogP contribution in [0.4, 0.5) is 5.69 Å². The van der Waals surface area contributed by atoms with E-state index in [9.17, 15) is 14.9 Å². The van der Waals surface area contributed by atoms with E-state index in [1.165, 1.54) is 25.5 Å². The molecule has 0 saturated carbocycles. The molecule has 0 aromatic heterocycles. The smallest absolute Gasteiger partial charge is 0.273 e. The zero-order chi connectivity index (χ0) is 22.1. The van der Waals surface area contributed by atoms with Gasteiger partial charge in [0.05, 0.1) is 11.1 Å². The molecule has 31 heavy (non-hydrogen) atoms. The van der Waals surface area contributed by atoms with Crippen molar-refractivity contribution in [2.75, 3.05) is 7.11 Å². The predicted molar refractivity (Wildman–Crippen MR) is 116 cm³/mol. The summed E-state index contributed by atoms with van der Waals surface area (Å²) in [5.41, 5.74) is 4.86. The molecule has 1 amide bonds. The monoisotopic (exact) mass is 419 g/mol. The molecule has 3 aromatic rings. The number of carbonyl (C=O) groups is 1. The Morgan fingerprint density at radius 2 is 1.74 bits per heavy atom. The largest absolute Gasteiger partial charge is 0.489 e. The molecule has 0 aliphatic heterocycles. The SMILES string of the molecule is CO[C@@H](C(=O)N/N=C\c1ccc(OCc2ccc([N+](=O)[O-])cc2)cc1)c1ccccc1. The van der Waals surface area contributed by atoms with Crippen molar-refractivity contribution in [2.24, 2.45) is 5.10 Å². The molecule has 0 aliphatic rings. The predicted octanol–water partition coefficient (Wildman–Crippen LogP) is 4.01. The number of methoxy groups -OCH3 is 1. The van der Waals surface area contributed by atoms with Crippen LogP contribution in [0.15, 0.2) is 84.0 Å². The Balaban J connectivity index is 1.51. The van der Waals surface area contributed by atoms with Gasteiger partial charge in [-0.25, -0.2) is 5.43 Å². The summed E-state index contributed by atoms with van der Waals surface area (Å²) in [6, 6.07) is 22.5. The summed E-state index contributed by atoms with van der Waals surface area (Å²) in [5, 5.41) is 14.7. The lowest BCUT2D eigenvalue weighted by molar-refractivity contribution is -0.384. The second kappa shape index (κ2) is 10.7. The number of hydrogen-bond donors (Lipinski definition) is 1. The fourth-order valence-electron chi connectivity index (χ4n) is 2.78. The van der Waals surface area contributed by atoms with Crippen LogP contribution in [0.25, 0.3) is 0 Å². The third-order valence-corrected chi connectivity index (χ3v) is 4.40. The first-order valence-corrected chi connectivity index (χ1v) is 9.43. The number of rotatable bonds is 9. The van der Waals surface area contributed by atoms with Gasteiger partial charge in [0.25, 0.3) is 11.6 Å². The van der Waals surface area contributed by atoms with Crippen molar-refractivity contribution in [3.63, 3.8) is 0 Å². The van der Waals surface area contributed by atoms with E-state index in [0.717, 1.165) is 16.7 Å². The van der Waals surface area contributed by atoms with E-state index in [2.05, 4.69) is 10.5 Å². The highest BCUT2D eigenvalue weighted by Crippen LogP contribution is 2.17. The summed E-state index contributed by atoms with van der Waals surface area (Å²) in [5.74, 6) is 0.274. The number of amides is 1. The Bertz CT molecular complexity index is 1040. The number of non-ortho nitro benzene ring substituents is 1. The third-order valence-electron chi connectivity index (χ3n) is 4.40. The number of benzene rings is 3. The van der Waals surface area contributed by atoms with Crippen molar-refractivity contribution < 1.29 is 19.2 Å². The van der Waals surface area contributed by atoms with Crippen molar-refractivity contribution in [1.29, 1.82) is 0 Å². The van der Waals surface area contributed by atoms with Crippen LogP contribution in [0.3, 0.4) is 0 Å². The zero-order valence-electron chi connectivity index (χ0n) is 16.8. The molecule has 0 aliphatic carbocycles. The maximum Gasteiger partial charge on any atom is 0.273 e. The summed E-state index contributed by atoms with van der Waals surface area (Å²) < 4.78 is 10.9.